The summed E-state index contributed by atoms with van der Waals surface area (Å²) >= 11 is 0. The van der Waals surface area contributed by atoms with Crippen molar-refractivity contribution in [2.24, 2.45) is 46.3 Å². The molecule has 4 heteroatoms. The summed E-state index contributed by atoms with van der Waals surface area (Å²) in [5.41, 5.74) is 2.41. The molecule has 3 fully saturated rings. The SMILES string of the molecule is CC(C)CCC[C@@H](C)[C@H]1CCC2C3CC=C4C[C@@H](OC(=O)NCCCCCC=O)CC[C@]4(C)C3CC[C@@]21C. The van der Waals surface area contributed by atoms with Crippen LogP contribution in [-0.2, 0) is 9.53 Å². The van der Waals surface area contributed by atoms with Gasteiger partial charge in [0.1, 0.15) is 12.4 Å². The Bertz CT molecular complexity index is 836. The van der Waals surface area contributed by atoms with Crippen molar-refractivity contribution in [2.75, 3.05) is 6.54 Å². The molecule has 3 unspecified atom stereocenters. The largest absolute Gasteiger partial charge is 0.446 e. The van der Waals surface area contributed by atoms with E-state index in [1.54, 1.807) is 5.57 Å². The Hall–Kier alpha value is -1.32. The predicted octanol–water partition coefficient (Wildman–Crippen LogP) is 8.88. The Morgan fingerprint density at radius 2 is 1.84 bits per heavy atom. The minimum atomic E-state index is -0.267. The summed E-state index contributed by atoms with van der Waals surface area (Å²) in [6.07, 6.45) is 20.9. The number of allylic oxidation sites excluding steroid dienone is 1. The first-order valence-electron chi connectivity index (χ1n) is 16.3. The number of nitrogens with one attached hydrogen (secondary N) is 1. The first kappa shape index (κ1) is 29.7. The third-order valence-electron chi connectivity index (χ3n) is 11.8. The molecule has 216 valence electrons. The van der Waals surface area contributed by atoms with E-state index in [0.717, 1.165) is 80.3 Å². The van der Waals surface area contributed by atoms with Gasteiger partial charge in [0.25, 0.3) is 0 Å². The van der Waals surface area contributed by atoms with Gasteiger partial charge < -0.3 is 14.8 Å². The molecule has 4 aliphatic rings. The van der Waals surface area contributed by atoms with Crippen LogP contribution < -0.4 is 5.32 Å². The van der Waals surface area contributed by atoms with Crippen molar-refractivity contribution in [3.63, 3.8) is 0 Å². The number of alkyl carbamates (subject to hydrolysis) is 1. The van der Waals surface area contributed by atoms with E-state index in [4.69, 9.17) is 4.74 Å². The molecule has 0 aromatic heterocycles. The quantitative estimate of drug-likeness (QED) is 0.157. The second-order valence-electron chi connectivity index (χ2n) is 14.5. The van der Waals surface area contributed by atoms with Crippen LogP contribution in [0, 0.1) is 46.3 Å². The van der Waals surface area contributed by atoms with Gasteiger partial charge in [0.2, 0.25) is 0 Å². The number of carbonyl (C=O) groups excluding carboxylic acids is 2. The lowest BCUT2D eigenvalue weighted by molar-refractivity contribution is -0.107. The zero-order chi connectivity index (χ0) is 27.3. The molecule has 1 N–H and O–H groups in total. The fourth-order valence-corrected chi connectivity index (χ4v) is 9.67. The van der Waals surface area contributed by atoms with Crippen molar-refractivity contribution in [3.8, 4) is 0 Å². The number of aldehydes is 1. The number of amides is 1. The zero-order valence-corrected chi connectivity index (χ0v) is 25.2. The summed E-state index contributed by atoms with van der Waals surface area (Å²) in [4.78, 5) is 22.8. The van der Waals surface area contributed by atoms with Crippen LogP contribution in [0.15, 0.2) is 11.6 Å². The van der Waals surface area contributed by atoms with Crippen LogP contribution in [0.1, 0.15) is 131 Å². The molecule has 1 amide bonds. The van der Waals surface area contributed by atoms with Crippen molar-refractivity contribution in [1.82, 2.24) is 5.32 Å². The van der Waals surface area contributed by atoms with Crippen LogP contribution in [0.4, 0.5) is 4.79 Å². The maximum absolute atomic E-state index is 12.4. The number of rotatable bonds is 12. The van der Waals surface area contributed by atoms with E-state index < -0.39 is 0 Å². The Balaban J connectivity index is 1.32. The minimum absolute atomic E-state index is 0.0114. The molecule has 0 aromatic carbocycles. The average molecular weight is 528 g/mol. The molecule has 4 nitrogen and oxygen atoms in total. The Labute approximate surface area is 233 Å². The molecular formula is C34H57NO3. The lowest BCUT2D eigenvalue weighted by atomic mass is 9.47. The molecule has 0 spiro atoms. The topological polar surface area (TPSA) is 55.4 Å². The monoisotopic (exact) mass is 527 g/mol. The normalized spacial score (nSPS) is 37.0. The fourth-order valence-electron chi connectivity index (χ4n) is 9.67. The van der Waals surface area contributed by atoms with E-state index in [1.165, 1.54) is 51.4 Å². The molecule has 4 rings (SSSR count). The molecule has 0 bridgehead atoms. The first-order valence-corrected chi connectivity index (χ1v) is 16.3. The summed E-state index contributed by atoms with van der Waals surface area (Å²) in [5, 5.41) is 2.93. The molecular weight excluding hydrogens is 470 g/mol. The van der Waals surface area contributed by atoms with Gasteiger partial charge in [-0.25, -0.2) is 4.79 Å². The smallest absolute Gasteiger partial charge is 0.407 e. The number of hydrogen-bond donors (Lipinski definition) is 1. The maximum atomic E-state index is 12.4. The average Bonchev–Trinajstić information content (AvgIpc) is 3.23. The van der Waals surface area contributed by atoms with E-state index in [9.17, 15) is 9.59 Å². The number of unbranched alkanes of at least 4 members (excludes halogenated alkanes) is 3. The van der Waals surface area contributed by atoms with Gasteiger partial charge in [0.05, 0.1) is 0 Å². The van der Waals surface area contributed by atoms with E-state index in [0.29, 0.717) is 23.8 Å². The summed E-state index contributed by atoms with van der Waals surface area (Å²) in [6, 6.07) is 0. The number of fused-ring (bicyclic) bond motifs is 5. The highest BCUT2D eigenvalue weighted by atomic mass is 16.6. The molecule has 0 aromatic rings. The van der Waals surface area contributed by atoms with Crippen molar-refractivity contribution < 1.29 is 14.3 Å². The van der Waals surface area contributed by atoms with E-state index in [1.807, 2.05) is 0 Å². The predicted molar refractivity (Wildman–Crippen MR) is 156 cm³/mol. The standard InChI is InChI=1S/C34H57NO3/c1-24(2)11-10-12-25(3)29-15-16-30-28-14-13-26-23-27(38-32(37)35-21-8-6-7-9-22-36)17-19-33(26,4)31(28)18-20-34(29,30)5/h13,22,24-25,27-31H,6-12,14-21,23H2,1-5H3,(H,35,37)/t25-,27+,28?,29-,30?,31?,33+,34-/m1/s1. The summed E-state index contributed by atoms with van der Waals surface area (Å²) < 4.78 is 5.87. The van der Waals surface area contributed by atoms with Crippen LogP contribution in [0.5, 0.6) is 0 Å². The molecule has 8 atom stereocenters. The van der Waals surface area contributed by atoms with Crippen molar-refractivity contribution >= 4 is 12.4 Å². The van der Waals surface area contributed by atoms with Crippen molar-refractivity contribution in [3.05, 3.63) is 11.6 Å². The third kappa shape index (κ3) is 6.35. The molecule has 0 aliphatic heterocycles. The van der Waals surface area contributed by atoms with Crippen LogP contribution in [0.25, 0.3) is 0 Å². The van der Waals surface area contributed by atoms with Crippen LogP contribution in [-0.4, -0.2) is 25.0 Å². The molecule has 3 saturated carbocycles. The maximum Gasteiger partial charge on any atom is 0.407 e. The molecule has 0 heterocycles. The zero-order valence-electron chi connectivity index (χ0n) is 25.2. The van der Waals surface area contributed by atoms with E-state index in [-0.39, 0.29) is 12.2 Å². The third-order valence-corrected chi connectivity index (χ3v) is 11.8. The van der Waals surface area contributed by atoms with Gasteiger partial charge in [-0.15, -0.1) is 0 Å². The van der Waals surface area contributed by atoms with Crippen molar-refractivity contribution in [2.45, 2.75) is 137 Å². The van der Waals surface area contributed by atoms with Gasteiger partial charge in [-0.05, 0) is 104 Å². The Kier molecular flexibility index (Phi) is 10.1. The first-order chi connectivity index (χ1) is 18.2. The Morgan fingerprint density at radius 1 is 1.03 bits per heavy atom. The van der Waals surface area contributed by atoms with Gasteiger partial charge in [-0.1, -0.05) is 72.0 Å². The minimum Gasteiger partial charge on any atom is -0.446 e. The van der Waals surface area contributed by atoms with Crippen LogP contribution in [0.3, 0.4) is 0 Å². The lowest BCUT2D eigenvalue weighted by Gasteiger charge is -2.58. The molecule has 38 heavy (non-hydrogen) atoms. The lowest BCUT2D eigenvalue weighted by Crippen LogP contribution is -2.51. The molecule has 4 aliphatic carbocycles. The Morgan fingerprint density at radius 3 is 2.61 bits per heavy atom. The van der Waals surface area contributed by atoms with E-state index >= 15 is 0 Å². The highest BCUT2D eigenvalue weighted by molar-refractivity contribution is 5.67. The second kappa shape index (κ2) is 12.9. The van der Waals surface area contributed by atoms with E-state index in [2.05, 4.69) is 46.0 Å². The highest BCUT2D eigenvalue weighted by Gasteiger charge is 2.59. The molecule has 0 radical (unpaired) electrons. The van der Waals surface area contributed by atoms with Gasteiger partial charge in [-0.3, -0.25) is 0 Å². The van der Waals surface area contributed by atoms with Crippen molar-refractivity contribution in [1.29, 1.82) is 0 Å². The van der Waals surface area contributed by atoms with Crippen LogP contribution >= 0.6 is 0 Å². The van der Waals surface area contributed by atoms with Gasteiger partial charge in [0.15, 0.2) is 0 Å². The summed E-state index contributed by atoms with van der Waals surface area (Å²) in [7, 11) is 0. The number of hydrogen-bond acceptors (Lipinski definition) is 3. The summed E-state index contributed by atoms with van der Waals surface area (Å²) in [6.45, 7) is 13.1. The summed E-state index contributed by atoms with van der Waals surface area (Å²) in [5.74, 6) is 5.13. The van der Waals surface area contributed by atoms with Crippen LogP contribution in [0.2, 0.25) is 0 Å². The fraction of sp³-hybridized carbons (Fsp3) is 0.882. The van der Waals surface area contributed by atoms with Gasteiger partial charge >= 0.3 is 6.09 Å². The molecule has 0 saturated heterocycles. The number of ether oxygens (including phenoxy) is 1. The highest BCUT2D eigenvalue weighted by Crippen LogP contribution is 2.67. The second-order valence-corrected chi connectivity index (χ2v) is 14.5. The number of carbonyl (C=O) groups is 2. The van der Waals surface area contributed by atoms with Gasteiger partial charge in [0, 0.05) is 19.4 Å². The van der Waals surface area contributed by atoms with Gasteiger partial charge in [-0.2, -0.15) is 0 Å².